The van der Waals surface area contributed by atoms with Gasteiger partial charge in [0.05, 0.1) is 31.3 Å². The van der Waals surface area contributed by atoms with Crippen molar-refractivity contribution in [3.05, 3.63) is 77.9 Å². The summed E-state index contributed by atoms with van der Waals surface area (Å²) in [6.45, 7) is 4.87. The lowest BCUT2D eigenvalue weighted by Crippen LogP contribution is -2.19. The molecule has 1 fully saturated rings. The molecule has 35 heavy (non-hydrogen) atoms. The van der Waals surface area contributed by atoms with Crippen LogP contribution in [0.5, 0.6) is 11.5 Å². The lowest BCUT2D eigenvalue weighted by molar-refractivity contribution is -0.142. The average molecular weight is 496 g/mol. The van der Waals surface area contributed by atoms with Crippen molar-refractivity contribution in [3.8, 4) is 22.6 Å². The molecule has 4 rings (SSSR count). The van der Waals surface area contributed by atoms with Crippen LogP contribution in [-0.2, 0) is 37.1 Å². The summed E-state index contributed by atoms with van der Waals surface area (Å²) in [6.07, 6.45) is 1.39. The summed E-state index contributed by atoms with van der Waals surface area (Å²) in [6, 6.07) is 20.2. The zero-order valence-electron chi connectivity index (χ0n) is 19.9. The van der Waals surface area contributed by atoms with Crippen molar-refractivity contribution >= 4 is 15.8 Å². The van der Waals surface area contributed by atoms with Gasteiger partial charge in [-0.25, -0.2) is 8.42 Å². The van der Waals surface area contributed by atoms with E-state index in [1.54, 1.807) is 19.1 Å². The Morgan fingerprint density at radius 3 is 2.49 bits per heavy atom. The molecule has 0 spiro atoms. The molecular weight excluding hydrogens is 466 g/mol. The van der Waals surface area contributed by atoms with Gasteiger partial charge < -0.3 is 14.2 Å². The average Bonchev–Trinajstić information content (AvgIpc) is 3.33. The molecule has 3 aromatic carbocycles. The minimum absolute atomic E-state index is 0.186. The Kier molecular flexibility index (Phi) is 7.85. The number of sulfone groups is 1. The Balaban J connectivity index is 1.61. The van der Waals surface area contributed by atoms with Crippen molar-refractivity contribution in [1.82, 2.24) is 4.90 Å². The Morgan fingerprint density at radius 1 is 1.03 bits per heavy atom. The van der Waals surface area contributed by atoms with Crippen molar-refractivity contribution in [3.63, 3.8) is 0 Å². The summed E-state index contributed by atoms with van der Waals surface area (Å²) in [7, 11) is -3.25. The van der Waals surface area contributed by atoms with E-state index >= 15 is 0 Å². The molecule has 1 saturated heterocycles. The van der Waals surface area contributed by atoms with Gasteiger partial charge in [-0.1, -0.05) is 30.3 Å². The van der Waals surface area contributed by atoms with E-state index in [1.165, 1.54) is 6.26 Å². The van der Waals surface area contributed by atoms with Gasteiger partial charge in [0.1, 0.15) is 11.5 Å². The fourth-order valence-electron chi connectivity index (χ4n) is 3.92. The third-order valence-electron chi connectivity index (χ3n) is 5.68. The van der Waals surface area contributed by atoms with Crippen molar-refractivity contribution < 1.29 is 27.4 Å². The number of carbonyl (C=O) groups excluding carboxylic acids is 1. The van der Waals surface area contributed by atoms with E-state index in [0.29, 0.717) is 42.9 Å². The standard InChI is InChI=1S/C27H29NO6S/c1-3-33-27(29)16-20-5-4-6-24(15-20)34-26-12-9-22(17-23(26)18-28-13-14-32-19-28)21-7-10-25(11-8-21)35(2,30)31/h4-12,15,17H,3,13-14,16,18-19H2,1-2H3. The molecular formula is C27H29NO6S. The van der Waals surface area contributed by atoms with Gasteiger partial charge in [-0.3, -0.25) is 9.69 Å². The van der Waals surface area contributed by atoms with E-state index in [0.717, 1.165) is 28.8 Å². The first-order valence-electron chi connectivity index (χ1n) is 11.5. The third kappa shape index (κ3) is 6.69. The fourth-order valence-corrected chi connectivity index (χ4v) is 4.55. The summed E-state index contributed by atoms with van der Waals surface area (Å²) < 4.78 is 40.4. The summed E-state index contributed by atoms with van der Waals surface area (Å²) >= 11 is 0. The number of esters is 1. The quantitative estimate of drug-likeness (QED) is 0.406. The fraction of sp³-hybridized carbons (Fsp3) is 0.296. The molecule has 0 saturated carbocycles. The number of ether oxygens (including phenoxy) is 3. The topological polar surface area (TPSA) is 82.1 Å². The van der Waals surface area contributed by atoms with Crippen LogP contribution in [0.1, 0.15) is 18.1 Å². The summed E-state index contributed by atoms with van der Waals surface area (Å²) in [4.78, 5) is 14.3. The molecule has 0 amide bonds. The van der Waals surface area contributed by atoms with Gasteiger partial charge in [0, 0.05) is 24.9 Å². The molecule has 0 N–H and O–H groups in total. The molecule has 0 bridgehead atoms. The molecule has 0 radical (unpaired) electrons. The van der Waals surface area contributed by atoms with Gasteiger partial charge in [-0.05, 0) is 60.0 Å². The predicted octanol–water partition coefficient (Wildman–Crippen LogP) is 4.44. The lowest BCUT2D eigenvalue weighted by Gasteiger charge is -2.18. The second-order valence-electron chi connectivity index (χ2n) is 8.44. The molecule has 0 aliphatic carbocycles. The van der Waals surface area contributed by atoms with Crippen LogP contribution in [0.3, 0.4) is 0 Å². The van der Waals surface area contributed by atoms with E-state index in [-0.39, 0.29) is 12.4 Å². The van der Waals surface area contributed by atoms with Crippen molar-refractivity contribution in [2.24, 2.45) is 0 Å². The molecule has 1 aliphatic rings. The van der Waals surface area contributed by atoms with E-state index < -0.39 is 9.84 Å². The van der Waals surface area contributed by atoms with Crippen molar-refractivity contribution in [2.45, 2.75) is 24.8 Å². The molecule has 1 aliphatic heterocycles. The largest absolute Gasteiger partial charge is 0.466 e. The summed E-state index contributed by atoms with van der Waals surface area (Å²) in [5.74, 6) is 1.07. The van der Waals surface area contributed by atoms with E-state index in [1.807, 2.05) is 48.5 Å². The van der Waals surface area contributed by atoms with Gasteiger partial charge in [0.2, 0.25) is 0 Å². The molecule has 7 nitrogen and oxygen atoms in total. The first-order chi connectivity index (χ1) is 16.8. The Bertz CT molecular complexity index is 1280. The normalized spacial score (nSPS) is 14.1. The van der Waals surface area contributed by atoms with Crippen LogP contribution in [0, 0.1) is 0 Å². The second kappa shape index (κ2) is 11.0. The molecule has 0 unspecified atom stereocenters. The number of nitrogens with zero attached hydrogens (tertiary/aromatic N) is 1. The Labute approximate surface area is 206 Å². The number of carbonyl (C=O) groups is 1. The third-order valence-corrected chi connectivity index (χ3v) is 6.80. The zero-order chi connectivity index (χ0) is 24.8. The van der Waals surface area contributed by atoms with E-state index in [2.05, 4.69) is 11.0 Å². The highest BCUT2D eigenvalue weighted by molar-refractivity contribution is 7.90. The monoisotopic (exact) mass is 495 g/mol. The van der Waals surface area contributed by atoms with E-state index in [4.69, 9.17) is 14.2 Å². The van der Waals surface area contributed by atoms with Crippen LogP contribution < -0.4 is 4.74 Å². The van der Waals surface area contributed by atoms with Crippen LogP contribution >= 0.6 is 0 Å². The lowest BCUT2D eigenvalue weighted by atomic mass is 10.0. The molecule has 0 atom stereocenters. The van der Waals surface area contributed by atoms with E-state index in [9.17, 15) is 13.2 Å². The maximum atomic E-state index is 11.9. The maximum absolute atomic E-state index is 11.9. The number of benzene rings is 3. The number of hydrogen-bond donors (Lipinski definition) is 0. The molecule has 1 heterocycles. The van der Waals surface area contributed by atoms with Crippen LogP contribution in [0.4, 0.5) is 0 Å². The van der Waals surface area contributed by atoms with Gasteiger partial charge in [0.25, 0.3) is 0 Å². The second-order valence-corrected chi connectivity index (χ2v) is 10.5. The Morgan fingerprint density at radius 2 is 1.80 bits per heavy atom. The highest BCUT2D eigenvalue weighted by Gasteiger charge is 2.17. The van der Waals surface area contributed by atoms with Crippen LogP contribution in [0.2, 0.25) is 0 Å². The molecule has 8 heteroatoms. The van der Waals surface area contributed by atoms with Gasteiger partial charge in [-0.15, -0.1) is 0 Å². The summed E-state index contributed by atoms with van der Waals surface area (Å²) in [5.41, 5.74) is 3.68. The minimum atomic E-state index is -3.25. The minimum Gasteiger partial charge on any atom is -0.466 e. The predicted molar refractivity (Wildman–Crippen MR) is 133 cm³/mol. The van der Waals surface area contributed by atoms with Crippen molar-refractivity contribution in [2.75, 3.05) is 32.7 Å². The zero-order valence-corrected chi connectivity index (χ0v) is 20.7. The SMILES string of the molecule is CCOC(=O)Cc1cccc(Oc2ccc(-c3ccc(S(C)(=O)=O)cc3)cc2CN2CCOC2)c1. The molecule has 184 valence electrons. The first kappa shape index (κ1) is 24.9. The van der Waals surface area contributed by atoms with Gasteiger partial charge in [-0.2, -0.15) is 0 Å². The number of hydrogen-bond acceptors (Lipinski definition) is 7. The first-order valence-corrected chi connectivity index (χ1v) is 13.4. The smallest absolute Gasteiger partial charge is 0.310 e. The molecule has 0 aromatic heterocycles. The van der Waals surface area contributed by atoms with Crippen LogP contribution in [0.25, 0.3) is 11.1 Å². The molecule has 3 aromatic rings. The highest BCUT2D eigenvalue weighted by atomic mass is 32.2. The van der Waals surface area contributed by atoms with Crippen molar-refractivity contribution in [1.29, 1.82) is 0 Å². The highest BCUT2D eigenvalue weighted by Crippen LogP contribution is 2.32. The maximum Gasteiger partial charge on any atom is 0.310 e. The van der Waals surface area contributed by atoms with Crippen LogP contribution in [-0.4, -0.2) is 52.0 Å². The summed E-state index contributed by atoms with van der Waals surface area (Å²) in [5, 5.41) is 0. The number of rotatable bonds is 9. The van der Waals surface area contributed by atoms with Gasteiger partial charge >= 0.3 is 5.97 Å². The van der Waals surface area contributed by atoms with Gasteiger partial charge in [0.15, 0.2) is 9.84 Å². The Hall–Kier alpha value is -3.20. The van der Waals surface area contributed by atoms with Crippen LogP contribution in [0.15, 0.2) is 71.6 Å².